The Kier molecular flexibility index (Phi) is 6.48. The topological polar surface area (TPSA) is 75.0 Å². The fourth-order valence-electron chi connectivity index (χ4n) is 5.41. The number of carbonyl (C=O) groups is 1. The van der Waals surface area contributed by atoms with Crippen LogP contribution in [-0.4, -0.2) is 64.2 Å². The number of fused-ring (bicyclic) bond motifs is 1. The van der Waals surface area contributed by atoms with Gasteiger partial charge in [-0.1, -0.05) is 6.42 Å². The van der Waals surface area contributed by atoms with E-state index in [1.807, 2.05) is 12.3 Å². The maximum Gasteiger partial charge on any atom is 0.256 e. The van der Waals surface area contributed by atoms with Crippen molar-refractivity contribution in [2.24, 2.45) is 0 Å². The molecule has 8 nitrogen and oxygen atoms in total. The lowest BCUT2D eigenvalue weighted by atomic mass is 10.0. The lowest BCUT2D eigenvalue weighted by molar-refractivity contribution is 0.0952. The van der Waals surface area contributed by atoms with Gasteiger partial charge in [0.1, 0.15) is 29.6 Å². The van der Waals surface area contributed by atoms with Crippen LogP contribution in [0.3, 0.4) is 0 Å². The molecule has 0 spiro atoms. The highest BCUT2D eigenvalue weighted by Crippen LogP contribution is 2.40. The minimum absolute atomic E-state index is 0.0488. The Bertz CT molecular complexity index is 1240. The molecule has 1 saturated carbocycles. The van der Waals surface area contributed by atoms with Gasteiger partial charge in [0.15, 0.2) is 5.65 Å². The molecule has 1 aliphatic carbocycles. The lowest BCUT2D eigenvalue weighted by Crippen LogP contribution is -2.33. The van der Waals surface area contributed by atoms with Crippen LogP contribution < -0.4 is 15.0 Å². The third-order valence-electron chi connectivity index (χ3n) is 7.50. The minimum Gasteiger partial charge on any atom is -0.492 e. The summed E-state index contributed by atoms with van der Waals surface area (Å²) < 4.78 is 22.3. The zero-order valence-electron chi connectivity index (χ0n) is 20.5. The van der Waals surface area contributed by atoms with Crippen LogP contribution in [-0.2, 0) is 0 Å². The van der Waals surface area contributed by atoms with E-state index in [2.05, 4.69) is 20.2 Å². The van der Waals surface area contributed by atoms with Crippen LogP contribution in [0.2, 0.25) is 0 Å². The van der Waals surface area contributed by atoms with Gasteiger partial charge in [0.05, 0.1) is 12.2 Å². The van der Waals surface area contributed by atoms with E-state index in [1.165, 1.54) is 25.3 Å². The fraction of sp³-hybridized carbons (Fsp3) is 0.519. The molecule has 2 saturated heterocycles. The van der Waals surface area contributed by atoms with Gasteiger partial charge in [-0.3, -0.25) is 9.69 Å². The maximum atomic E-state index is 14.4. The number of halogens is 1. The van der Waals surface area contributed by atoms with E-state index in [1.54, 1.807) is 22.8 Å². The Morgan fingerprint density at radius 3 is 2.78 bits per heavy atom. The van der Waals surface area contributed by atoms with Gasteiger partial charge in [-0.25, -0.2) is 13.9 Å². The third kappa shape index (κ3) is 4.89. The summed E-state index contributed by atoms with van der Waals surface area (Å²) in [5.41, 5.74) is 1.87. The van der Waals surface area contributed by atoms with Gasteiger partial charge in [-0.2, -0.15) is 5.10 Å². The van der Waals surface area contributed by atoms with Crippen molar-refractivity contribution in [2.75, 3.05) is 37.7 Å². The van der Waals surface area contributed by atoms with Crippen molar-refractivity contribution >= 4 is 17.4 Å². The lowest BCUT2D eigenvalue weighted by Gasteiger charge is -2.29. The predicted octanol–water partition coefficient (Wildman–Crippen LogP) is 3.97. The third-order valence-corrected chi connectivity index (χ3v) is 7.50. The van der Waals surface area contributed by atoms with Gasteiger partial charge in [-0.15, -0.1) is 0 Å². The summed E-state index contributed by atoms with van der Waals surface area (Å²) in [6.07, 6.45) is 11.1. The van der Waals surface area contributed by atoms with Crippen LogP contribution in [0.25, 0.3) is 5.65 Å². The van der Waals surface area contributed by atoms with Crippen LogP contribution in [0.5, 0.6) is 5.75 Å². The first-order valence-electron chi connectivity index (χ1n) is 13.2. The molecule has 4 heterocycles. The Hall–Kier alpha value is -3.20. The molecule has 3 aliphatic rings. The van der Waals surface area contributed by atoms with E-state index >= 15 is 0 Å². The van der Waals surface area contributed by atoms with Gasteiger partial charge in [0.2, 0.25) is 0 Å². The second-order valence-corrected chi connectivity index (χ2v) is 10.1. The Labute approximate surface area is 210 Å². The molecule has 1 aromatic carbocycles. The second-order valence-electron chi connectivity index (χ2n) is 10.1. The number of amides is 1. The SMILES string of the molecule is O=C(NC1CC1)c1cnn2ccc(N3CCC[C@@H]3c3cc(F)ccc3OCCN3CCCCC3)nc12. The van der Waals surface area contributed by atoms with Gasteiger partial charge in [-0.05, 0) is 75.9 Å². The summed E-state index contributed by atoms with van der Waals surface area (Å²) in [6, 6.07) is 6.96. The summed E-state index contributed by atoms with van der Waals surface area (Å²) in [5.74, 6) is 1.10. The van der Waals surface area contributed by atoms with Crippen molar-refractivity contribution in [3.8, 4) is 5.75 Å². The number of benzene rings is 1. The number of aromatic nitrogens is 3. The zero-order chi connectivity index (χ0) is 24.5. The van der Waals surface area contributed by atoms with Crippen molar-refractivity contribution in [1.29, 1.82) is 0 Å². The summed E-state index contributed by atoms with van der Waals surface area (Å²) in [7, 11) is 0. The second kappa shape index (κ2) is 10.0. The number of anilines is 1. The van der Waals surface area contributed by atoms with Crippen LogP contribution in [0.1, 0.15) is 66.9 Å². The molecule has 0 radical (unpaired) electrons. The minimum atomic E-state index is -0.265. The van der Waals surface area contributed by atoms with Gasteiger partial charge >= 0.3 is 0 Å². The van der Waals surface area contributed by atoms with Crippen molar-refractivity contribution in [3.05, 3.63) is 53.6 Å². The summed E-state index contributed by atoms with van der Waals surface area (Å²) >= 11 is 0. The van der Waals surface area contributed by atoms with E-state index in [0.717, 1.165) is 69.0 Å². The highest BCUT2D eigenvalue weighted by molar-refractivity contribution is 6.00. The molecule has 6 rings (SSSR count). The number of ether oxygens (including phenoxy) is 1. The molecular formula is C27H33FN6O2. The molecule has 36 heavy (non-hydrogen) atoms. The van der Waals surface area contributed by atoms with Crippen LogP contribution in [0.4, 0.5) is 10.2 Å². The monoisotopic (exact) mass is 492 g/mol. The molecule has 3 fully saturated rings. The quantitative estimate of drug-likeness (QED) is 0.513. The number of piperidine rings is 1. The van der Waals surface area contributed by atoms with Crippen LogP contribution in [0.15, 0.2) is 36.7 Å². The van der Waals surface area contributed by atoms with E-state index in [9.17, 15) is 9.18 Å². The van der Waals surface area contributed by atoms with E-state index in [4.69, 9.17) is 9.72 Å². The summed E-state index contributed by atoms with van der Waals surface area (Å²) in [4.78, 5) is 22.2. The fourth-order valence-corrected chi connectivity index (χ4v) is 5.41. The molecule has 1 N–H and O–H groups in total. The number of nitrogens with one attached hydrogen (secondary N) is 1. The molecule has 3 aromatic rings. The molecule has 0 unspecified atom stereocenters. The molecule has 1 amide bonds. The first-order chi connectivity index (χ1) is 17.7. The van der Waals surface area contributed by atoms with Gasteiger partial charge in [0.25, 0.3) is 5.91 Å². The first kappa shape index (κ1) is 23.2. The number of nitrogens with zero attached hydrogens (tertiary/aromatic N) is 5. The molecular weight excluding hydrogens is 459 g/mol. The highest BCUT2D eigenvalue weighted by Gasteiger charge is 2.31. The predicted molar refractivity (Wildman–Crippen MR) is 135 cm³/mol. The van der Waals surface area contributed by atoms with Crippen molar-refractivity contribution in [2.45, 2.75) is 57.0 Å². The Morgan fingerprint density at radius 1 is 1.08 bits per heavy atom. The molecule has 0 bridgehead atoms. The number of hydrogen-bond donors (Lipinski definition) is 1. The average Bonchev–Trinajstić information content (AvgIpc) is 3.39. The zero-order valence-corrected chi connectivity index (χ0v) is 20.5. The molecule has 9 heteroatoms. The molecule has 190 valence electrons. The summed E-state index contributed by atoms with van der Waals surface area (Å²) in [6.45, 7) is 4.52. The van der Waals surface area contributed by atoms with E-state index in [0.29, 0.717) is 17.8 Å². The highest BCUT2D eigenvalue weighted by atomic mass is 19.1. The molecule has 1 atom stereocenters. The number of carbonyl (C=O) groups excluding carboxylic acids is 1. The Morgan fingerprint density at radius 2 is 1.94 bits per heavy atom. The van der Waals surface area contributed by atoms with E-state index in [-0.39, 0.29) is 23.8 Å². The largest absolute Gasteiger partial charge is 0.492 e. The average molecular weight is 493 g/mol. The summed E-state index contributed by atoms with van der Waals surface area (Å²) in [5, 5.41) is 7.33. The van der Waals surface area contributed by atoms with Crippen molar-refractivity contribution in [1.82, 2.24) is 24.8 Å². The smallest absolute Gasteiger partial charge is 0.256 e. The normalized spacial score (nSPS) is 20.7. The number of hydrogen-bond acceptors (Lipinski definition) is 6. The Balaban J connectivity index is 1.23. The van der Waals surface area contributed by atoms with E-state index < -0.39 is 0 Å². The first-order valence-corrected chi connectivity index (χ1v) is 13.2. The number of likely N-dealkylation sites (tertiary alicyclic amines) is 1. The van der Waals surface area contributed by atoms with Gasteiger partial charge < -0.3 is 15.0 Å². The van der Waals surface area contributed by atoms with Crippen LogP contribution >= 0.6 is 0 Å². The number of rotatable bonds is 8. The van der Waals surface area contributed by atoms with Crippen molar-refractivity contribution < 1.29 is 13.9 Å². The standard InChI is InChI=1S/C27H33FN6O2/c28-19-6-9-24(36-16-15-32-11-2-1-3-12-32)21(17-19)23-5-4-13-33(23)25-10-14-34-26(31-25)22(18-29-34)27(35)30-20-7-8-20/h6,9-10,14,17-18,20,23H,1-5,7-8,11-13,15-16H2,(H,30,35)/t23-/m1/s1. The van der Waals surface area contributed by atoms with Crippen molar-refractivity contribution in [3.63, 3.8) is 0 Å². The molecule has 2 aromatic heterocycles. The maximum absolute atomic E-state index is 14.4. The van der Waals surface area contributed by atoms with Crippen LogP contribution in [0, 0.1) is 5.82 Å². The van der Waals surface area contributed by atoms with Gasteiger partial charge in [0, 0.05) is 30.9 Å². The molecule has 2 aliphatic heterocycles.